The minimum Gasteiger partial charge on any atom is -0.490 e. The lowest BCUT2D eigenvalue weighted by Gasteiger charge is -2.36. The zero-order valence-electron chi connectivity index (χ0n) is 29.1. The molecule has 0 aliphatic carbocycles. The second-order valence-electron chi connectivity index (χ2n) is 13.3. The number of hydrogen-bond donors (Lipinski definition) is 2. The van der Waals surface area contributed by atoms with Crippen molar-refractivity contribution in [1.29, 1.82) is 0 Å². The topological polar surface area (TPSA) is 127 Å². The molecule has 0 saturated heterocycles. The molecule has 12 heteroatoms. The minimum atomic E-state index is -3.91. The van der Waals surface area contributed by atoms with Crippen molar-refractivity contribution in [3.8, 4) is 17.2 Å². The van der Waals surface area contributed by atoms with E-state index in [-0.39, 0.29) is 53.6 Å². The van der Waals surface area contributed by atoms with Crippen LogP contribution in [-0.2, 0) is 21.3 Å². The van der Waals surface area contributed by atoms with Gasteiger partial charge in [-0.25, -0.2) is 8.42 Å². The molecule has 0 fully saturated rings. The van der Waals surface area contributed by atoms with Crippen molar-refractivity contribution in [1.82, 2.24) is 9.80 Å². The van der Waals surface area contributed by atoms with E-state index in [0.717, 1.165) is 41.9 Å². The summed E-state index contributed by atoms with van der Waals surface area (Å²) in [5, 5.41) is 10.3. The summed E-state index contributed by atoms with van der Waals surface area (Å²) in [7, 11) is -1.87. The van der Waals surface area contributed by atoms with Crippen molar-refractivity contribution in [2.75, 3.05) is 44.9 Å². The first-order valence-corrected chi connectivity index (χ1v) is 18.4. The van der Waals surface area contributed by atoms with Crippen LogP contribution in [0.4, 0.5) is 5.69 Å². The van der Waals surface area contributed by atoms with E-state index in [1.54, 1.807) is 48.2 Å². The number of carbonyl (C=O) groups is 1. The molecule has 3 aromatic carbocycles. The van der Waals surface area contributed by atoms with E-state index in [1.807, 2.05) is 39.1 Å². The zero-order valence-corrected chi connectivity index (χ0v) is 29.9. The van der Waals surface area contributed by atoms with Crippen LogP contribution in [0, 0.1) is 12.8 Å². The first kappa shape index (κ1) is 36.4. The summed E-state index contributed by atoms with van der Waals surface area (Å²) in [6, 6.07) is 16.8. The zero-order chi connectivity index (χ0) is 35.1. The average Bonchev–Trinajstić information content (AvgIpc) is 3.54. The SMILES string of the molecule is Cc1ccc(S(=O)(=O)Nc2ccc3c(c2)C(=O)N([C@@H](C)CO)C[C@@H](C)[C@H](CN(C)Cc2ccc4c(c2)OCO4)OCCCC[C@H](C)O3)cc1. The Morgan fingerprint density at radius 2 is 1.73 bits per heavy atom. The molecule has 266 valence electrons. The van der Waals surface area contributed by atoms with E-state index in [2.05, 4.69) is 16.5 Å². The standard InChI is InChI=1S/C37H49N3O8S/c1-25-9-13-31(14-10-25)49(43,44)38-30-12-16-33-32(19-30)37(42)40(27(3)23-41)20-26(2)36(45-17-7-6-8-28(4)48-33)22-39(5)21-29-11-15-34-35(18-29)47-24-46-34/h9-16,18-19,26-28,36,38,41H,6-8,17,20-24H2,1-5H3/t26-,27+,28+,36+/m1/s1. The van der Waals surface area contributed by atoms with Crippen LogP contribution in [0.5, 0.6) is 17.2 Å². The second kappa shape index (κ2) is 16.2. The monoisotopic (exact) mass is 695 g/mol. The van der Waals surface area contributed by atoms with Gasteiger partial charge in [-0.2, -0.15) is 0 Å². The average molecular weight is 696 g/mol. The lowest BCUT2D eigenvalue weighted by Crippen LogP contribution is -2.47. The fourth-order valence-electron chi connectivity index (χ4n) is 6.10. The largest absolute Gasteiger partial charge is 0.490 e. The lowest BCUT2D eigenvalue weighted by atomic mass is 10.0. The highest BCUT2D eigenvalue weighted by Gasteiger charge is 2.31. The molecular formula is C37H49N3O8S. The third-order valence-electron chi connectivity index (χ3n) is 9.02. The molecule has 0 bridgehead atoms. The van der Waals surface area contributed by atoms with Crippen LogP contribution in [0.2, 0.25) is 0 Å². The molecule has 0 saturated carbocycles. The van der Waals surface area contributed by atoms with Gasteiger partial charge in [0.1, 0.15) is 5.75 Å². The highest BCUT2D eigenvalue weighted by Crippen LogP contribution is 2.33. The highest BCUT2D eigenvalue weighted by atomic mass is 32.2. The number of fused-ring (bicyclic) bond motifs is 2. The Morgan fingerprint density at radius 3 is 2.49 bits per heavy atom. The quantitative estimate of drug-likeness (QED) is 0.301. The molecule has 2 aliphatic heterocycles. The number of rotatable bonds is 9. The first-order chi connectivity index (χ1) is 23.4. The Hall–Kier alpha value is -3.84. The maximum absolute atomic E-state index is 14.4. The number of nitrogens with one attached hydrogen (secondary N) is 1. The Balaban J connectivity index is 1.40. The maximum atomic E-state index is 14.4. The summed E-state index contributed by atoms with van der Waals surface area (Å²) >= 11 is 0. The maximum Gasteiger partial charge on any atom is 0.261 e. The summed E-state index contributed by atoms with van der Waals surface area (Å²) in [5.74, 6) is 1.38. The number of amides is 1. The number of aliphatic hydroxyl groups excluding tert-OH is 1. The third kappa shape index (κ3) is 9.45. The first-order valence-electron chi connectivity index (χ1n) is 16.9. The highest BCUT2D eigenvalue weighted by molar-refractivity contribution is 7.92. The number of carbonyl (C=O) groups excluding carboxylic acids is 1. The molecule has 0 aromatic heterocycles. The smallest absolute Gasteiger partial charge is 0.261 e. The van der Waals surface area contributed by atoms with E-state index >= 15 is 0 Å². The summed E-state index contributed by atoms with van der Waals surface area (Å²) in [4.78, 5) is 18.4. The predicted molar refractivity (Wildman–Crippen MR) is 188 cm³/mol. The van der Waals surface area contributed by atoms with E-state index in [1.165, 1.54) is 6.07 Å². The van der Waals surface area contributed by atoms with Gasteiger partial charge in [0.25, 0.3) is 15.9 Å². The van der Waals surface area contributed by atoms with Gasteiger partial charge >= 0.3 is 0 Å². The van der Waals surface area contributed by atoms with Crippen LogP contribution >= 0.6 is 0 Å². The number of likely N-dealkylation sites (N-methyl/N-ethyl adjacent to an activating group) is 1. The van der Waals surface area contributed by atoms with Crippen LogP contribution in [0.3, 0.4) is 0 Å². The number of nitrogens with zero attached hydrogens (tertiary/aromatic N) is 2. The van der Waals surface area contributed by atoms with E-state index in [0.29, 0.717) is 32.0 Å². The van der Waals surface area contributed by atoms with Gasteiger partial charge in [0, 0.05) is 37.8 Å². The number of hydrogen-bond acceptors (Lipinski definition) is 9. The van der Waals surface area contributed by atoms with Gasteiger partial charge in [-0.3, -0.25) is 14.4 Å². The number of aliphatic hydroxyl groups is 1. The number of benzene rings is 3. The Kier molecular flexibility index (Phi) is 12.1. The van der Waals surface area contributed by atoms with Gasteiger partial charge in [0.05, 0.1) is 35.3 Å². The summed E-state index contributed by atoms with van der Waals surface area (Å²) in [6.45, 7) is 9.83. The molecule has 11 nitrogen and oxygen atoms in total. The number of sulfonamides is 1. The lowest BCUT2D eigenvalue weighted by molar-refractivity contribution is -0.0177. The fourth-order valence-corrected chi connectivity index (χ4v) is 7.15. The molecular weight excluding hydrogens is 646 g/mol. The van der Waals surface area contributed by atoms with Crippen LogP contribution in [0.1, 0.15) is 61.5 Å². The van der Waals surface area contributed by atoms with Gasteiger partial charge in [-0.15, -0.1) is 0 Å². The Labute approximate surface area is 290 Å². The van der Waals surface area contributed by atoms with Crippen molar-refractivity contribution in [2.45, 2.75) is 76.6 Å². The summed E-state index contributed by atoms with van der Waals surface area (Å²) < 4.78 is 52.9. The molecule has 2 aliphatic rings. The Morgan fingerprint density at radius 1 is 1.00 bits per heavy atom. The van der Waals surface area contributed by atoms with Crippen LogP contribution in [0.15, 0.2) is 65.6 Å². The summed E-state index contributed by atoms with van der Waals surface area (Å²) in [6.07, 6.45) is 2.07. The molecule has 2 N–H and O–H groups in total. The summed E-state index contributed by atoms with van der Waals surface area (Å²) in [5.41, 5.74) is 2.49. The van der Waals surface area contributed by atoms with Crippen LogP contribution in [-0.4, -0.2) is 87.6 Å². The van der Waals surface area contributed by atoms with E-state index < -0.39 is 16.1 Å². The number of ether oxygens (including phenoxy) is 4. The van der Waals surface area contributed by atoms with Crippen molar-refractivity contribution < 1.29 is 37.3 Å². The Bertz CT molecular complexity index is 1680. The van der Waals surface area contributed by atoms with Gasteiger partial charge < -0.3 is 29.0 Å². The minimum absolute atomic E-state index is 0.105. The van der Waals surface area contributed by atoms with Gasteiger partial charge in [0.2, 0.25) is 6.79 Å². The third-order valence-corrected chi connectivity index (χ3v) is 10.4. The van der Waals surface area contributed by atoms with Crippen LogP contribution in [0.25, 0.3) is 0 Å². The number of aryl methyl sites for hydroxylation is 1. The van der Waals surface area contributed by atoms with Crippen molar-refractivity contribution >= 4 is 21.6 Å². The molecule has 2 heterocycles. The van der Waals surface area contributed by atoms with E-state index in [4.69, 9.17) is 18.9 Å². The van der Waals surface area contributed by atoms with E-state index in [9.17, 15) is 18.3 Å². The molecule has 3 aromatic rings. The van der Waals surface area contributed by atoms with Gasteiger partial charge in [0.15, 0.2) is 11.5 Å². The van der Waals surface area contributed by atoms with Gasteiger partial charge in [-0.05, 0) is 95.1 Å². The normalized spacial score (nSPS) is 21.1. The van der Waals surface area contributed by atoms with Crippen molar-refractivity contribution in [3.63, 3.8) is 0 Å². The molecule has 0 radical (unpaired) electrons. The molecule has 5 rings (SSSR count). The second-order valence-corrected chi connectivity index (χ2v) is 15.0. The molecule has 1 amide bonds. The number of anilines is 1. The molecule has 0 unspecified atom stereocenters. The van der Waals surface area contributed by atoms with Crippen molar-refractivity contribution in [2.24, 2.45) is 5.92 Å². The van der Waals surface area contributed by atoms with Crippen LogP contribution < -0.4 is 18.9 Å². The predicted octanol–water partition coefficient (Wildman–Crippen LogP) is 5.45. The van der Waals surface area contributed by atoms with Gasteiger partial charge in [-0.1, -0.05) is 30.7 Å². The molecule has 49 heavy (non-hydrogen) atoms. The molecule has 4 atom stereocenters. The van der Waals surface area contributed by atoms with Crippen molar-refractivity contribution in [3.05, 3.63) is 77.4 Å². The fraction of sp³-hybridized carbons (Fsp3) is 0.486. The molecule has 0 spiro atoms.